The van der Waals surface area contributed by atoms with Crippen LogP contribution < -0.4 is 16.2 Å². The van der Waals surface area contributed by atoms with Crippen molar-refractivity contribution in [2.75, 3.05) is 11.9 Å². The van der Waals surface area contributed by atoms with Crippen molar-refractivity contribution in [3.8, 4) is 0 Å². The lowest BCUT2D eigenvalue weighted by molar-refractivity contribution is 0.251. The summed E-state index contributed by atoms with van der Waals surface area (Å²) in [7, 11) is 0. The fraction of sp³-hybridized carbons (Fsp3) is 0.353. The third-order valence-electron chi connectivity index (χ3n) is 3.97. The molecule has 1 aromatic carbocycles. The Balaban J connectivity index is 1.54. The molecule has 1 aliphatic rings. The second-order valence-electron chi connectivity index (χ2n) is 5.78. The molecule has 1 heterocycles. The topological polar surface area (TPSA) is 76.0 Å². The van der Waals surface area contributed by atoms with Crippen LogP contribution in [-0.2, 0) is 19.4 Å². The van der Waals surface area contributed by atoms with Gasteiger partial charge in [-0.2, -0.15) is 5.10 Å². The van der Waals surface area contributed by atoms with Crippen molar-refractivity contribution >= 4 is 23.3 Å². The van der Waals surface area contributed by atoms with Gasteiger partial charge in [-0.1, -0.05) is 17.7 Å². The normalized spacial score (nSPS) is 13.2. The molecule has 2 N–H and O–H groups in total. The van der Waals surface area contributed by atoms with Crippen molar-refractivity contribution in [2.24, 2.45) is 0 Å². The summed E-state index contributed by atoms with van der Waals surface area (Å²) in [5.41, 5.74) is 2.56. The van der Waals surface area contributed by atoms with Gasteiger partial charge < -0.3 is 10.6 Å². The Morgan fingerprint density at radius 1 is 1.25 bits per heavy atom. The van der Waals surface area contributed by atoms with E-state index in [1.165, 1.54) is 4.68 Å². The fourth-order valence-electron chi connectivity index (χ4n) is 2.78. The average molecular weight is 347 g/mol. The number of aromatic nitrogens is 2. The van der Waals surface area contributed by atoms with Crippen LogP contribution in [0.3, 0.4) is 0 Å². The zero-order valence-electron chi connectivity index (χ0n) is 13.2. The van der Waals surface area contributed by atoms with Gasteiger partial charge >= 0.3 is 6.03 Å². The van der Waals surface area contributed by atoms with Crippen LogP contribution in [0.4, 0.5) is 10.5 Å². The molecule has 1 aromatic heterocycles. The van der Waals surface area contributed by atoms with E-state index in [1.807, 2.05) is 0 Å². The van der Waals surface area contributed by atoms with E-state index in [1.54, 1.807) is 30.3 Å². The summed E-state index contributed by atoms with van der Waals surface area (Å²) >= 11 is 5.87. The summed E-state index contributed by atoms with van der Waals surface area (Å²) in [6, 6.07) is 8.24. The molecule has 0 radical (unpaired) electrons. The number of hydrogen-bond donors (Lipinski definition) is 2. The zero-order chi connectivity index (χ0) is 16.9. The molecule has 1 aliphatic carbocycles. The van der Waals surface area contributed by atoms with E-state index in [0.29, 0.717) is 23.8 Å². The maximum atomic E-state index is 12.1. The van der Waals surface area contributed by atoms with Crippen LogP contribution in [0, 0.1) is 0 Å². The monoisotopic (exact) mass is 346 g/mol. The first kappa shape index (κ1) is 16.5. The van der Waals surface area contributed by atoms with Crippen molar-refractivity contribution in [1.82, 2.24) is 15.1 Å². The SMILES string of the molecule is O=C(NCCn1nc2c(cc1=O)CCCC2)Nc1cccc(Cl)c1. The number of carbonyl (C=O) groups excluding carboxylic acids is 1. The lowest BCUT2D eigenvalue weighted by Gasteiger charge is -2.16. The van der Waals surface area contributed by atoms with Gasteiger partial charge in [0.15, 0.2) is 0 Å². The van der Waals surface area contributed by atoms with Gasteiger partial charge in [-0.15, -0.1) is 0 Å². The van der Waals surface area contributed by atoms with Crippen LogP contribution in [0.1, 0.15) is 24.1 Å². The lowest BCUT2D eigenvalue weighted by atomic mass is 9.97. The highest BCUT2D eigenvalue weighted by Crippen LogP contribution is 2.17. The van der Waals surface area contributed by atoms with Crippen molar-refractivity contribution in [2.45, 2.75) is 32.2 Å². The number of nitrogens with zero attached hydrogens (tertiary/aromatic N) is 2. The number of rotatable bonds is 4. The summed E-state index contributed by atoms with van der Waals surface area (Å²) < 4.78 is 1.42. The van der Waals surface area contributed by atoms with E-state index in [4.69, 9.17) is 11.6 Å². The van der Waals surface area contributed by atoms with Crippen molar-refractivity contribution in [1.29, 1.82) is 0 Å². The smallest absolute Gasteiger partial charge is 0.319 e. The number of nitrogens with one attached hydrogen (secondary N) is 2. The van der Waals surface area contributed by atoms with Crippen LogP contribution in [0.5, 0.6) is 0 Å². The number of fused-ring (bicyclic) bond motifs is 1. The molecule has 0 spiro atoms. The molecular formula is C17H19ClN4O2. The molecule has 7 heteroatoms. The first-order chi connectivity index (χ1) is 11.6. The second-order valence-corrected chi connectivity index (χ2v) is 6.21. The number of urea groups is 1. The Bertz CT molecular complexity index is 803. The highest BCUT2D eigenvalue weighted by molar-refractivity contribution is 6.30. The minimum absolute atomic E-state index is 0.118. The maximum Gasteiger partial charge on any atom is 0.319 e. The van der Waals surface area contributed by atoms with Gasteiger partial charge in [-0.25, -0.2) is 9.48 Å². The van der Waals surface area contributed by atoms with E-state index >= 15 is 0 Å². The number of carbonyl (C=O) groups is 1. The molecule has 0 atom stereocenters. The van der Waals surface area contributed by atoms with Crippen molar-refractivity contribution < 1.29 is 4.79 Å². The summed E-state index contributed by atoms with van der Waals surface area (Å²) in [5.74, 6) is 0. The molecule has 0 bridgehead atoms. The first-order valence-electron chi connectivity index (χ1n) is 8.02. The van der Waals surface area contributed by atoms with E-state index < -0.39 is 0 Å². The summed E-state index contributed by atoms with van der Waals surface area (Å²) in [5, 5.41) is 10.4. The van der Waals surface area contributed by atoms with E-state index in [9.17, 15) is 9.59 Å². The van der Waals surface area contributed by atoms with Crippen molar-refractivity contribution in [3.63, 3.8) is 0 Å². The third-order valence-corrected chi connectivity index (χ3v) is 4.20. The number of hydrogen-bond acceptors (Lipinski definition) is 3. The molecule has 0 unspecified atom stereocenters. The molecular weight excluding hydrogens is 328 g/mol. The summed E-state index contributed by atoms with van der Waals surface area (Å²) in [6.07, 6.45) is 4.07. The van der Waals surface area contributed by atoms with Gasteiger partial charge in [0, 0.05) is 23.3 Å². The van der Waals surface area contributed by atoms with Crippen LogP contribution in [-0.4, -0.2) is 22.4 Å². The maximum absolute atomic E-state index is 12.1. The Morgan fingerprint density at radius 3 is 2.92 bits per heavy atom. The molecule has 24 heavy (non-hydrogen) atoms. The Morgan fingerprint density at radius 2 is 2.08 bits per heavy atom. The zero-order valence-corrected chi connectivity index (χ0v) is 14.0. The van der Waals surface area contributed by atoms with Crippen molar-refractivity contribution in [3.05, 3.63) is 57.0 Å². The number of anilines is 1. The number of halogens is 1. The van der Waals surface area contributed by atoms with Crippen LogP contribution >= 0.6 is 11.6 Å². The predicted octanol–water partition coefficient (Wildman–Crippen LogP) is 2.60. The van der Waals surface area contributed by atoms with E-state index in [0.717, 1.165) is 36.9 Å². The van der Waals surface area contributed by atoms with Crippen LogP contribution in [0.15, 0.2) is 35.1 Å². The molecule has 0 aliphatic heterocycles. The molecule has 2 amide bonds. The Kier molecular flexibility index (Phi) is 5.15. The molecule has 0 saturated heterocycles. The average Bonchev–Trinajstić information content (AvgIpc) is 2.55. The summed E-state index contributed by atoms with van der Waals surface area (Å²) in [6.45, 7) is 0.660. The molecule has 0 fully saturated rings. The minimum Gasteiger partial charge on any atom is -0.336 e. The fourth-order valence-corrected chi connectivity index (χ4v) is 2.97. The highest BCUT2D eigenvalue weighted by atomic mass is 35.5. The van der Waals surface area contributed by atoms with Gasteiger partial charge in [0.2, 0.25) is 0 Å². The second kappa shape index (κ2) is 7.49. The van der Waals surface area contributed by atoms with E-state index in [-0.39, 0.29) is 11.6 Å². The number of aryl methyl sites for hydroxylation is 2. The first-order valence-corrected chi connectivity index (χ1v) is 8.40. The highest BCUT2D eigenvalue weighted by Gasteiger charge is 2.13. The predicted molar refractivity (Wildman–Crippen MR) is 93.6 cm³/mol. The number of benzene rings is 1. The molecule has 3 rings (SSSR count). The van der Waals surface area contributed by atoms with E-state index in [2.05, 4.69) is 15.7 Å². The molecule has 2 aromatic rings. The molecule has 126 valence electrons. The number of amides is 2. The largest absolute Gasteiger partial charge is 0.336 e. The van der Waals surface area contributed by atoms with Crippen LogP contribution in [0.2, 0.25) is 5.02 Å². The lowest BCUT2D eigenvalue weighted by Crippen LogP contribution is -2.35. The van der Waals surface area contributed by atoms with Gasteiger partial charge in [-0.05, 0) is 49.4 Å². The van der Waals surface area contributed by atoms with Gasteiger partial charge in [-0.3, -0.25) is 4.79 Å². The Labute approximate surface area is 144 Å². The van der Waals surface area contributed by atoms with Crippen LogP contribution in [0.25, 0.3) is 0 Å². The minimum atomic E-state index is -0.344. The standard InChI is InChI=1S/C17H19ClN4O2/c18-13-5-3-6-14(11-13)20-17(24)19-8-9-22-16(23)10-12-4-1-2-7-15(12)21-22/h3,5-6,10-11H,1-2,4,7-9H2,(H2,19,20,24). The molecule has 0 saturated carbocycles. The quantitative estimate of drug-likeness (QED) is 0.893. The molecule has 6 nitrogen and oxygen atoms in total. The Hall–Kier alpha value is -2.34. The summed E-state index contributed by atoms with van der Waals surface area (Å²) in [4.78, 5) is 23.9. The third kappa shape index (κ3) is 4.14. The van der Waals surface area contributed by atoms with Gasteiger partial charge in [0.1, 0.15) is 0 Å². The van der Waals surface area contributed by atoms with Gasteiger partial charge in [0.05, 0.1) is 12.2 Å². The van der Waals surface area contributed by atoms with Gasteiger partial charge in [0.25, 0.3) is 5.56 Å².